The highest BCUT2D eigenvalue weighted by Gasteiger charge is 2.39. The van der Waals surface area contributed by atoms with Gasteiger partial charge in [-0.2, -0.15) is 10.4 Å². The molecule has 2 aliphatic heterocycles. The number of halogens is 1. The van der Waals surface area contributed by atoms with E-state index in [0.29, 0.717) is 28.5 Å². The molecule has 1 N–H and O–H groups in total. The Balaban J connectivity index is 1.39. The topological polar surface area (TPSA) is 71.8 Å². The first-order valence-corrected chi connectivity index (χ1v) is 12.0. The fourth-order valence-electron chi connectivity index (χ4n) is 5.43. The molecular weight excluding hydrogens is 435 g/mol. The normalized spacial score (nSPS) is 20.5. The van der Waals surface area contributed by atoms with Crippen LogP contribution in [0.5, 0.6) is 0 Å². The highest BCUT2D eigenvalue weighted by atomic mass is 32.1. The van der Waals surface area contributed by atoms with Crippen molar-refractivity contribution in [2.75, 3.05) is 38.1 Å². The zero-order chi connectivity index (χ0) is 22.7. The number of H-pyrrole nitrogens is 1. The SMILES string of the molecule is Cc1cccc(F)c1-c1cc2c(-c3csc(N4CC5CN(C)CC5C4)n3)n[nH]c2cc1C#N. The Labute approximate surface area is 195 Å². The molecular formula is C25H23FN6S. The maximum Gasteiger partial charge on any atom is 0.185 e. The molecule has 2 aromatic carbocycles. The molecule has 0 aliphatic carbocycles. The second kappa shape index (κ2) is 7.65. The zero-order valence-electron chi connectivity index (χ0n) is 18.5. The molecule has 6 rings (SSSR count). The third kappa shape index (κ3) is 3.31. The molecule has 4 aromatic rings. The molecule has 2 saturated heterocycles. The van der Waals surface area contributed by atoms with Gasteiger partial charge in [-0.25, -0.2) is 9.37 Å². The molecule has 2 atom stereocenters. The van der Waals surface area contributed by atoms with E-state index in [0.717, 1.165) is 59.2 Å². The van der Waals surface area contributed by atoms with Gasteiger partial charge in [-0.3, -0.25) is 5.10 Å². The van der Waals surface area contributed by atoms with E-state index in [9.17, 15) is 9.65 Å². The number of thiazole rings is 1. The average Bonchev–Trinajstić information content (AvgIpc) is 3.55. The van der Waals surface area contributed by atoms with Crippen molar-refractivity contribution < 1.29 is 4.39 Å². The van der Waals surface area contributed by atoms with Crippen LogP contribution in [0.15, 0.2) is 35.7 Å². The van der Waals surface area contributed by atoms with E-state index in [2.05, 4.69) is 33.1 Å². The van der Waals surface area contributed by atoms with Gasteiger partial charge in [0.1, 0.15) is 17.2 Å². The highest BCUT2D eigenvalue weighted by molar-refractivity contribution is 7.14. The Morgan fingerprint density at radius 3 is 2.70 bits per heavy atom. The van der Waals surface area contributed by atoms with Gasteiger partial charge < -0.3 is 9.80 Å². The summed E-state index contributed by atoms with van der Waals surface area (Å²) in [4.78, 5) is 9.73. The number of benzene rings is 2. The number of anilines is 1. The molecule has 166 valence electrons. The summed E-state index contributed by atoms with van der Waals surface area (Å²) < 4.78 is 14.7. The molecule has 6 nitrogen and oxygen atoms in total. The van der Waals surface area contributed by atoms with Gasteiger partial charge in [0.05, 0.1) is 17.1 Å². The molecule has 0 amide bonds. The van der Waals surface area contributed by atoms with Crippen LogP contribution in [0.2, 0.25) is 0 Å². The minimum atomic E-state index is -0.336. The van der Waals surface area contributed by atoms with E-state index >= 15 is 0 Å². The monoisotopic (exact) mass is 458 g/mol. The number of fused-ring (bicyclic) bond motifs is 2. The largest absolute Gasteiger partial charge is 0.347 e. The van der Waals surface area contributed by atoms with E-state index in [4.69, 9.17) is 4.98 Å². The fourth-order valence-corrected chi connectivity index (χ4v) is 6.26. The van der Waals surface area contributed by atoms with Gasteiger partial charge in [0.25, 0.3) is 0 Å². The Hall–Kier alpha value is -3.28. The van der Waals surface area contributed by atoms with Crippen molar-refractivity contribution in [2.24, 2.45) is 11.8 Å². The second-order valence-electron chi connectivity index (χ2n) is 9.22. The Morgan fingerprint density at radius 2 is 1.97 bits per heavy atom. The van der Waals surface area contributed by atoms with Crippen LogP contribution in [0.4, 0.5) is 9.52 Å². The number of likely N-dealkylation sites (tertiary alicyclic amines) is 1. The van der Waals surface area contributed by atoms with E-state index in [1.165, 1.54) is 6.07 Å². The molecule has 2 aromatic heterocycles. The minimum absolute atomic E-state index is 0.336. The standard InChI is InChI=1S/C25H23FN6S/c1-14-4-3-5-20(26)23(14)18-7-19-21(6-15(18)8-27)29-30-24(19)22-13-33-25(28-22)32-11-16-9-31(2)10-17(16)12-32/h3-7,13,16-17H,9-12H2,1-2H3,(H,29,30). The Morgan fingerprint density at radius 1 is 1.18 bits per heavy atom. The maximum atomic E-state index is 14.7. The number of hydrogen-bond acceptors (Lipinski definition) is 6. The van der Waals surface area contributed by atoms with Crippen molar-refractivity contribution in [2.45, 2.75) is 6.92 Å². The quantitative estimate of drug-likeness (QED) is 0.483. The number of nitriles is 1. The molecule has 2 fully saturated rings. The summed E-state index contributed by atoms with van der Waals surface area (Å²) in [6.45, 7) is 6.26. The number of aromatic nitrogens is 3. The Kier molecular flexibility index (Phi) is 4.71. The van der Waals surface area contributed by atoms with Crippen molar-refractivity contribution in [1.29, 1.82) is 5.26 Å². The third-order valence-electron chi connectivity index (χ3n) is 6.99. The lowest BCUT2D eigenvalue weighted by atomic mass is 9.94. The first-order chi connectivity index (χ1) is 16.0. The zero-order valence-corrected chi connectivity index (χ0v) is 19.3. The summed E-state index contributed by atoms with van der Waals surface area (Å²) in [6.07, 6.45) is 0. The lowest BCUT2D eigenvalue weighted by Crippen LogP contribution is -2.26. The van der Waals surface area contributed by atoms with Gasteiger partial charge in [0.15, 0.2) is 5.13 Å². The molecule has 0 bridgehead atoms. The Bertz CT molecular complexity index is 1380. The summed E-state index contributed by atoms with van der Waals surface area (Å²) in [5, 5.41) is 21.2. The van der Waals surface area contributed by atoms with Gasteiger partial charge in [-0.15, -0.1) is 11.3 Å². The predicted octanol–water partition coefficient (Wildman–Crippen LogP) is 4.67. The van der Waals surface area contributed by atoms with Crippen LogP contribution in [0.25, 0.3) is 33.4 Å². The van der Waals surface area contributed by atoms with Crippen LogP contribution in [-0.2, 0) is 0 Å². The molecule has 0 saturated carbocycles. The minimum Gasteiger partial charge on any atom is -0.347 e. The van der Waals surface area contributed by atoms with Crippen LogP contribution < -0.4 is 4.90 Å². The molecule has 2 unspecified atom stereocenters. The fraction of sp³-hybridized carbons (Fsp3) is 0.320. The van der Waals surface area contributed by atoms with Gasteiger partial charge in [-0.1, -0.05) is 12.1 Å². The summed E-state index contributed by atoms with van der Waals surface area (Å²) in [6, 6.07) is 10.8. The summed E-state index contributed by atoms with van der Waals surface area (Å²) in [7, 11) is 2.20. The van der Waals surface area contributed by atoms with Crippen molar-refractivity contribution in [3.63, 3.8) is 0 Å². The smallest absolute Gasteiger partial charge is 0.185 e. The molecule has 4 heterocycles. The summed E-state index contributed by atoms with van der Waals surface area (Å²) >= 11 is 1.64. The van der Waals surface area contributed by atoms with E-state index in [1.807, 2.05) is 24.4 Å². The third-order valence-corrected chi connectivity index (χ3v) is 7.89. The lowest BCUT2D eigenvalue weighted by Gasteiger charge is -2.18. The number of rotatable bonds is 3. The van der Waals surface area contributed by atoms with Crippen LogP contribution in [0, 0.1) is 35.9 Å². The number of hydrogen-bond donors (Lipinski definition) is 1. The number of aryl methyl sites for hydroxylation is 1. The van der Waals surface area contributed by atoms with Crippen molar-refractivity contribution >= 4 is 27.4 Å². The molecule has 33 heavy (non-hydrogen) atoms. The first kappa shape index (κ1) is 20.3. The average molecular weight is 459 g/mol. The maximum absolute atomic E-state index is 14.7. The van der Waals surface area contributed by atoms with E-state index in [-0.39, 0.29) is 5.82 Å². The number of nitrogens with zero attached hydrogens (tertiary/aromatic N) is 5. The number of aromatic amines is 1. The summed E-state index contributed by atoms with van der Waals surface area (Å²) in [5.41, 5.74) is 4.51. The van der Waals surface area contributed by atoms with Crippen LogP contribution in [-0.4, -0.2) is 53.3 Å². The van der Waals surface area contributed by atoms with Crippen LogP contribution in [0.3, 0.4) is 0 Å². The van der Waals surface area contributed by atoms with E-state index < -0.39 is 0 Å². The van der Waals surface area contributed by atoms with Gasteiger partial charge >= 0.3 is 0 Å². The predicted molar refractivity (Wildman–Crippen MR) is 129 cm³/mol. The first-order valence-electron chi connectivity index (χ1n) is 11.1. The molecule has 0 spiro atoms. The van der Waals surface area contributed by atoms with Crippen LogP contribution in [0.1, 0.15) is 11.1 Å². The van der Waals surface area contributed by atoms with E-state index in [1.54, 1.807) is 23.5 Å². The van der Waals surface area contributed by atoms with Crippen molar-refractivity contribution in [3.05, 3.63) is 52.7 Å². The van der Waals surface area contributed by atoms with Gasteiger partial charge in [-0.05, 0) is 49.6 Å². The van der Waals surface area contributed by atoms with Gasteiger partial charge in [0.2, 0.25) is 0 Å². The van der Waals surface area contributed by atoms with Crippen LogP contribution >= 0.6 is 11.3 Å². The summed E-state index contributed by atoms with van der Waals surface area (Å²) in [5.74, 6) is 1.09. The van der Waals surface area contributed by atoms with Crippen molar-refractivity contribution in [1.82, 2.24) is 20.1 Å². The van der Waals surface area contributed by atoms with Gasteiger partial charge in [0, 0.05) is 48.1 Å². The molecule has 2 aliphatic rings. The molecule has 8 heteroatoms. The lowest BCUT2D eigenvalue weighted by molar-refractivity contribution is 0.387. The molecule has 0 radical (unpaired) electrons. The highest BCUT2D eigenvalue weighted by Crippen LogP contribution is 2.39. The number of nitrogens with one attached hydrogen (secondary N) is 1. The second-order valence-corrected chi connectivity index (χ2v) is 10.1. The van der Waals surface area contributed by atoms with Crippen molar-refractivity contribution in [3.8, 4) is 28.6 Å².